The molecule has 0 aliphatic heterocycles. The van der Waals surface area contributed by atoms with Gasteiger partial charge in [0.2, 0.25) is 0 Å². The number of benzene rings is 1. The summed E-state index contributed by atoms with van der Waals surface area (Å²) in [7, 11) is -1.33. The second-order valence-corrected chi connectivity index (χ2v) is 9.82. The standard InChI is InChI=1S/C25H31FN4O2S/c1-33(32)25-29-23(18-9-11-20(26)12-10-18)24(30(25)15-6-16-31)19-13-14-27-22(17-19)28-21-7-4-2-3-5-8-21/h9-14,17,21,31H,2-8,15-16H2,1H3,(H,27,28). The Kier molecular flexibility index (Phi) is 7.88. The molecule has 33 heavy (non-hydrogen) atoms. The number of pyridine rings is 1. The number of aliphatic hydroxyl groups is 1. The van der Waals surface area contributed by atoms with Crippen LogP contribution in [0.1, 0.15) is 44.9 Å². The Hall–Kier alpha value is -2.58. The fourth-order valence-electron chi connectivity index (χ4n) is 4.48. The van der Waals surface area contributed by atoms with Crippen LogP contribution < -0.4 is 5.32 Å². The number of nitrogens with one attached hydrogen (secondary N) is 1. The molecule has 1 atom stereocenters. The fourth-order valence-corrected chi connectivity index (χ4v) is 5.19. The van der Waals surface area contributed by atoms with Gasteiger partial charge in [-0.25, -0.2) is 14.4 Å². The van der Waals surface area contributed by atoms with E-state index in [-0.39, 0.29) is 12.4 Å². The smallest absolute Gasteiger partial charge is 0.199 e. The van der Waals surface area contributed by atoms with Crippen LogP contribution in [-0.4, -0.2) is 42.8 Å². The Morgan fingerprint density at radius 1 is 1.12 bits per heavy atom. The number of rotatable bonds is 8. The van der Waals surface area contributed by atoms with Crippen molar-refractivity contribution in [3.8, 4) is 22.5 Å². The second-order valence-electron chi connectivity index (χ2n) is 8.54. The number of hydrogen-bond donors (Lipinski definition) is 2. The van der Waals surface area contributed by atoms with E-state index in [1.807, 2.05) is 16.7 Å². The molecule has 0 radical (unpaired) electrons. The Labute approximate surface area is 196 Å². The van der Waals surface area contributed by atoms with Crippen LogP contribution in [-0.2, 0) is 17.3 Å². The highest BCUT2D eigenvalue weighted by atomic mass is 32.2. The summed E-state index contributed by atoms with van der Waals surface area (Å²) in [5.41, 5.74) is 3.08. The summed E-state index contributed by atoms with van der Waals surface area (Å²) in [6, 6.07) is 10.5. The van der Waals surface area contributed by atoms with Crippen molar-refractivity contribution in [2.45, 2.75) is 62.7 Å². The van der Waals surface area contributed by atoms with Crippen molar-refractivity contribution in [3.63, 3.8) is 0 Å². The Morgan fingerprint density at radius 2 is 1.85 bits per heavy atom. The van der Waals surface area contributed by atoms with Crippen molar-refractivity contribution in [3.05, 3.63) is 48.4 Å². The summed E-state index contributed by atoms with van der Waals surface area (Å²) in [5, 5.41) is 13.5. The monoisotopic (exact) mass is 470 g/mol. The van der Waals surface area contributed by atoms with Gasteiger partial charge in [-0.05, 0) is 55.7 Å². The molecule has 1 aliphatic carbocycles. The van der Waals surface area contributed by atoms with Gasteiger partial charge in [0, 0.05) is 42.8 Å². The van der Waals surface area contributed by atoms with Crippen LogP contribution in [0.4, 0.5) is 10.2 Å². The van der Waals surface area contributed by atoms with Crippen LogP contribution in [0.3, 0.4) is 0 Å². The Bertz CT molecular complexity index is 1090. The number of nitrogens with zero attached hydrogens (tertiary/aromatic N) is 3. The predicted molar refractivity (Wildman–Crippen MR) is 130 cm³/mol. The highest BCUT2D eigenvalue weighted by Crippen LogP contribution is 2.35. The molecule has 6 nitrogen and oxygen atoms in total. The van der Waals surface area contributed by atoms with E-state index < -0.39 is 10.8 Å². The van der Waals surface area contributed by atoms with E-state index in [1.165, 1.54) is 37.8 Å². The van der Waals surface area contributed by atoms with Crippen LogP contribution in [0, 0.1) is 5.82 Å². The first kappa shape index (κ1) is 23.6. The van der Waals surface area contributed by atoms with E-state index >= 15 is 0 Å². The minimum atomic E-state index is -1.33. The van der Waals surface area contributed by atoms with Crippen molar-refractivity contribution in [1.29, 1.82) is 0 Å². The van der Waals surface area contributed by atoms with Gasteiger partial charge in [-0.3, -0.25) is 4.21 Å². The summed E-state index contributed by atoms with van der Waals surface area (Å²) in [6.45, 7) is 0.493. The highest BCUT2D eigenvalue weighted by molar-refractivity contribution is 7.84. The minimum absolute atomic E-state index is 0.0180. The lowest BCUT2D eigenvalue weighted by Gasteiger charge is -2.18. The molecule has 1 fully saturated rings. The van der Waals surface area contributed by atoms with E-state index in [9.17, 15) is 13.7 Å². The predicted octanol–water partition coefficient (Wildman–Crippen LogP) is 5.01. The van der Waals surface area contributed by atoms with E-state index in [1.54, 1.807) is 24.6 Å². The van der Waals surface area contributed by atoms with Crippen LogP contribution in [0.15, 0.2) is 47.8 Å². The highest BCUT2D eigenvalue weighted by Gasteiger charge is 2.23. The first-order valence-electron chi connectivity index (χ1n) is 11.6. The van der Waals surface area contributed by atoms with E-state index in [0.717, 1.165) is 35.5 Å². The zero-order valence-corrected chi connectivity index (χ0v) is 19.8. The summed E-state index contributed by atoms with van der Waals surface area (Å²) >= 11 is 0. The van der Waals surface area contributed by atoms with Gasteiger partial charge in [-0.2, -0.15) is 0 Å². The Morgan fingerprint density at radius 3 is 2.52 bits per heavy atom. The fraction of sp³-hybridized carbons (Fsp3) is 0.440. The molecule has 2 N–H and O–H groups in total. The molecule has 3 aromatic rings. The molecule has 0 amide bonds. The van der Waals surface area contributed by atoms with Crippen LogP contribution in [0.5, 0.6) is 0 Å². The molecule has 1 aliphatic rings. The third-order valence-corrected chi connectivity index (χ3v) is 6.91. The van der Waals surface area contributed by atoms with Gasteiger partial charge in [0.25, 0.3) is 0 Å². The number of hydrogen-bond acceptors (Lipinski definition) is 5. The molecular formula is C25H31FN4O2S. The third kappa shape index (κ3) is 5.68. The van der Waals surface area contributed by atoms with E-state index in [0.29, 0.717) is 29.9 Å². The van der Waals surface area contributed by atoms with Crippen molar-refractivity contribution in [2.24, 2.45) is 0 Å². The lowest BCUT2D eigenvalue weighted by Crippen LogP contribution is -2.19. The van der Waals surface area contributed by atoms with E-state index in [2.05, 4.69) is 10.3 Å². The lowest BCUT2D eigenvalue weighted by atomic mass is 10.0. The van der Waals surface area contributed by atoms with Gasteiger partial charge < -0.3 is 15.0 Å². The van der Waals surface area contributed by atoms with Crippen molar-refractivity contribution in [2.75, 3.05) is 18.2 Å². The summed E-state index contributed by atoms with van der Waals surface area (Å²) in [4.78, 5) is 9.26. The third-order valence-electron chi connectivity index (χ3n) is 6.09. The Balaban J connectivity index is 1.79. The molecule has 0 spiro atoms. The largest absolute Gasteiger partial charge is 0.396 e. The van der Waals surface area contributed by atoms with Crippen molar-refractivity contribution in [1.82, 2.24) is 14.5 Å². The summed E-state index contributed by atoms with van der Waals surface area (Å²) in [6.07, 6.45) is 11.2. The molecule has 2 aromatic heterocycles. The first-order chi connectivity index (χ1) is 16.1. The number of anilines is 1. The van der Waals surface area contributed by atoms with Gasteiger partial charge in [0.15, 0.2) is 5.16 Å². The molecule has 1 aromatic carbocycles. The van der Waals surface area contributed by atoms with Gasteiger partial charge in [-0.1, -0.05) is 25.7 Å². The van der Waals surface area contributed by atoms with E-state index in [4.69, 9.17) is 4.98 Å². The molecule has 8 heteroatoms. The maximum atomic E-state index is 13.6. The maximum absolute atomic E-state index is 13.6. The minimum Gasteiger partial charge on any atom is -0.396 e. The molecule has 0 saturated heterocycles. The molecule has 176 valence electrons. The van der Waals surface area contributed by atoms with Crippen LogP contribution >= 0.6 is 0 Å². The van der Waals surface area contributed by atoms with Crippen molar-refractivity contribution >= 4 is 16.6 Å². The lowest BCUT2D eigenvalue weighted by molar-refractivity contribution is 0.278. The zero-order chi connectivity index (χ0) is 23.2. The molecular weight excluding hydrogens is 439 g/mol. The van der Waals surface area contributed by atoms with Gasteiger partial charge in [0.1, 0.15) is 11.6 Å². The number of aliphatic hydroxyl groups excluding tert-OH is 1. The molecule has 1 unspecified atom stereocenters. The van der Waals surface area contributed by atoms with Gasteiger partial charge in [0.05, 0.1) is 22.2 Å². The number of imidazole rings is 1. The average Bonchev–Trinajstić information content (AvgIpc) is 3.01. The topological polar surface area (TPSA) is 80.0 Å². The average molecular weight is 471 g/mol. The van der Waals surface area contributed by atoms with Gasteiger partial charge >= 0.3 is 0 Å². The number of aromatic nitrogens is 3. The molecule has 2 heterocycles. The van der Waals surface area contributed by atoms with Crippen LogP contribution in [0.25, 0.3) is 22.5 Å². The summed E-state index contributed by atoms with van der Waals surface area (Å²) < 4.78 is 28.1. The quantitative estimate of drug-likeness (QED) is 0.453. The SMILES string of the molecule is CS(=O)c1nc(-c2ccc(F)cc2)c(-c2ccnc(NC3CCCCCC3)c2)n1CCCO. The normalized spacial score (nSPS) is 15.8. The molecule has 0 bridgehead atoms. The summed E-state index contributed by atoms with van der Waals surface area (Å²) in [5.74, 6) is 0.483. The second kappa shape index (κ2) is 11.0. The maximum Gasteiger partial charge on any atom is 0.199 e. The molecule has 1 saturated carbocycles. The first-order valence-corrected chi connectivity index (χ1v) is 13.2. The van der Waals surface area contributed by atoms with Crippen molar-refractivity contribution < 1.29 is 13.7 Å². The zero-order valence-electron chi connectivity index (χ0n) is 19.0. The number of halogens is 1. The van der Waals surface area contributed by atoms with Gasteiger partial charge in [-0.15, -0.1) is 0 Å². The molecule has 4 rings (SSSR count). The van der Waals surface area contributed by atoms with Crippen LogP contribution in [0.2, 0.25) is 0 Å².